The average molecular weight is 437 g/mol. The Morgan fingerprint density at radius 2 is 1.88 bits per heavy atom. The van der Waals surface area contributed by atoms with Crippen LogP contribution < -0.4 is 10.2 Å². The second-order valence-electron chi connectivity index (χ2n) is 8.48. The van der Waals surface area contributed by atoms with Crippen LogP contribution in [0.2, 0.25) is 0 Å². The zero-order valence-corrected chi connectivity index (χ0v) is 18.6. The van der Waals surface area contributed by atoms with E-state index in [1.54, 1.807) is 12.1 Å². The van der Waals surface area contributed by atoms with Crippen molar-refractivity contribution in [3.63, 3.8) is 0 Å². The lowest BCUT2D eigenvalue weighted by atomic mass is 9.94. The highest BCUT2D eigenvalue weighted by Crippen LogP contribution is 2.29. The Bertz CT molecular complexity index is 1060. The van der Waals surface area contributed by atoms with Gasteiger partial charge in [0.25, 0.3) is 0 Å². The van der Waals surface area contributed by atoms with E-state index in [9.17, 15) is 9.18 Å². The number of anilines is 2. The third-order valence-electron chi connectivity index (χ3n) is 6.07. The maximum Gasteiger partial charge on any atom is 0.247 e. The van der Waals surface area contributed by atoms with Crippen LogP contribution in [-0.2, 0) is 11.2 Å². The van der Waals surface area contributed by atoms with Gasteiger partial charge in [0.2, 0.25) is 17.7 Å². The van der Waals surface area contributed by atoms with Gasteiger partial charge in [0, 0.05) is 37.2 Å². The largest absolute Gasteiger partial charge is 0.421 e. The topological polar surface area (TPSA) is 71.3 Å². The van der Waals surface area contributed by atoms with Gasteiger partial charge in [-0.25, -0.2) is 4.39 Å². The zero-order valence-electron chi connectivity index (χ0n) is 18.6. The molecule has 2 aromatic carbocycles. The highest BCUT2D eigenvalue weighted by Gasteiger charge is 2.21. The Hall–Kier alpha value is -3.22. The van der Waals surface area contributed by atoms with Gasteiger partial charge >= 0.3 is 0 Å². The van der Waals surface area contributed by atoms with Crippen molar-refractivity contribution in [1.82, 2.24) is 10.2 Å². The molecule has 0 saturated heterocycles. The summed E-state index contributed by atoms with van der Waals surface area (Å²) in [5.41, 5.74) is 3.01. The van der Waals surface area contributed by atoms with Gasteiger partial charge in [-0.3, -0.25) is 4.79 Å². The fourth-order valence-corrected chi connectivity index (χ4v) is 4.15. The molecule has 7 heteroatoms. The molecule has 0 bridgehead atoms. The second-order valence-corrected chi connectivity index (χ2v) is 8.48. The van der Waals surface area contributed by atoms with Crippen molar-refractivity contribution in [2.24, 2.45) is 0 Å². The van der Waals surface area contributed by atoms with E-state index in [-0.39, 0.29) is 18.1 Å². The van der Waals surface area contributed by atoms with Crippen molar-refractivity contribution < 1.29 is 13.6 Å². The van der Waals surface area contributed by atoms with Gasteiger partial charge in [0.05, 0.1) is 5.69 Å². The standard InChI is InChI=1S/C25H29FN4O2/c1-17-8-10-18(11-9-17)25-29-28-24(32-25)15-14-23(31)27-19-12-13-22(21(26)16-19)30(2)20-6-4-3-5-7-20/h8-13,16,20H,3-7,14-15H2,1-2H3,(H,27,31). The molecule has 0 unspecified atom stereocenters. The molecule has 0 radical (unpaired) electrons. The first-order chi connectivity index (χ1) is 15.5. The number of hydrogen-bond donors (Lipinski definition) is 1. The first kappa shape index (κ1) is 22.0. The quantitative estimate of drug-likeness (QED) is 0.528. The van der Waals surface area contributed by atoms with E-state index < -0.39 is 0 Å². The van der Waals surface area contributed by atoms with Gasteiger partial charge in [-0.2, -0.15) is 0 Å². The van der Waals surface area contributed by atoms with Crippen LogP contribution in [0.3, 0.4) is 0 Å². The first-order valence-electron chi connectivity index (χ1n) is 11.2. The van der Waals surface area contributed by atoms with E-state index in [2.05, 4.69) is 15.5 Å². The minimum atomic E-state index is -0.324. The van der Waals surface area contributed by atoms with Gasteiger partial charge in [-0.15, -0.1) is 10.2 Å². The minimum absolute atomic E-state index is 0.168. The van der Waals surface area contributed by atoms with Crippen molar-refractivity contribution in [2.45, 2.75) is 57.9 Å². The lowest BCUT2D eigenvalue weighted by Gasteiger charge is -2.33. The number of hydrogen-bond acceptors (Lipinski definition) is 5. The summed E-state index contributed by atoms with van der Waals surface area (Å²) < 4.78 is 20.4. The van der Waals surface area contributed by atoms with Crippen molar-refractivity contribution >= 4 is 17.3 Å². The fourth-order valence-electron chi connectivity index (χ4n) is 4.15. The Kier molecular flexibility index (Phi) is 6.83. The average Bonchev–Trinajstić information content (AvgIpc) is 3.28. The molecule has 4 rings (SSSR count). The fraction of sp³-hybridized carbons (Fsp3) is 0.400. The number of rotatable bonds is 7. The lowest BCUT2D eigenvalue weighted by Crippen LogP contribution is -2.33. The Morgan fingerprint density at radius 3 is 2.59 bits per heavy atom. The molecular formula is C25H29FN4O2. The van der Waals surface area contributed by atoms with Crippen LogP contribution >= 0.6 is 0 Å². The van der Waals surface area contributed by atoms with Crippen LogP contribution in [0.4, 0.5) is 15.8 Å². The van der Waals surface area contributed by atoms with Crippen LogP contribution in [0.1, 0.15) is 50.0 Å². The molecule has 1 saturated carbocycles. The van der Waals surface area contributed by atoms with Gasteiger partial charge < -0.3 is 14.6 Å². The van der Waals surface area contributed by atoms with Crippen LogP contribution in [-0.4, -0.2) is 29.2 Å². The Morgan fingerprint density at radius 1 is 1.12 bits per heavy atom. The van der Waals surface area contributed by atoms with E-state index in [1.165, 1.54) is 25.3 Å². The molecular weight excluding hydrogens is 407 g/mol. The summed E-state index contributed by atoms with van der Waals surface area (Å²) in [6.07, 6.45) is 6.31. The molecule has 1 fully saturated rings. The monoisotopic (exact) mass is 436 g/mol. The molecule has 1 aromatic heterocycles. The van der Waals surface area contributed by atoms with Crippen molar-refractivity contribution in [2.75, 3.05) is 17.3 Å². The molecule has 1 heterocycles. The first-order valence-corrected chi connectivity index (χ1v) is 11.2. The summed E-state index contributed by atoms with van der Waals surface area (Å²) >= 11 is 0. The summed E-state index contributed by atoms with van der Waals surface area (Å²) in [6, 6.07) is 13.0. The molecule has 0 atom stereocenters. The third kappa shape index (κ3) is 5.33. The van der Waals surface area contributed by atoms with Crippen LogP contribution in [0.15, 0.2) is 46.9 Å². The molecule has 168 valence electrons. The molecule has 1 amide bonds. The summed E-state index contributed by atoms with van der Waals surface area (Å²) in [7, 11) is 1.95. The molecule has 32 heavy (non-hydrogen) atoms. The lowest BCUT2D eigenvalue weighted by molar-refractivity contribution is -0.116. The van der Waals surface area contributed by atoms with Gasteiger partial charge in [0.15, 0.2) is 0 Å². The van der Waals surface area contributed by atoms with Gasteiger partial charge in [0.1, 0.15) is 5.82 Å². The SMILES string of the molecule is Cc1ccc(-c2nnc(CCC(=O)Nc3ccc(N(C)C4CCCCC4)c(F)c3)o2)cc1. The van der Waals surface area contributed by atoms with Crippen molar-refractivity contribution in [3.05, 3.63) is 59.7 Å². The highest BCUT2D eigenvalue weighted by molar-refractivity contribution is 5.91. The molecule has 1 N–H and O–H groups in total. The molecule has 1 aliphatic rings. The number of carbonyl (C=O) groups is 1. The van der Waals surface area contributed by atoms with E-state index in [1.807, 2.05) is 43.1 Å². The van der Waals surface area contributed by atoms with E-state index >= 15 is 0 Å². The predicted octanol–water partition coefficient (Wildman–Crippen LogP) is 5.52. The number of benzene rings is 2. The summed E-state index contributed by atoms with van der Waals surface area (Å²) in [4.78, 5) is 14.4. The number of amides is 1. The number of nitrogens with one attached hydrogen (secondary N) is 1. The van der Waals surface area contributed by atoms with E-state index in [4.69, 9.17) is 4.42 Å². The van der Waals surface area contributed by atoms with E-state index in [0.29, 0.717) is 35.6 Å². The van der Waals surface area contributed by atoms with Crippen LogP contribution in [0, 0.1) is 12.7 Å². The zero-order chi connectivity index (χ0) is 22.5. The maximum atomic E-state index is 14.7. The molecule has 0 aliphatic heterocycles. The smallest absolute Gasteiger partial charge is 0.247 e. The Labute approximate surface area is 187 Å². The third-order valence-corrected chi connectivity index (χ3v) is 6.07. The van der Waals surface area contributed by atoms with Gasteiger partial charge in [-0.05, 0) is 50.1 Å². The summed E-state index contributed by atoms with van der Waals surface area (Å²) in [5.74, 6) is 0.273. The molecule has 0 spiro atoms. The summed E-state index contributed by atoms with van der Waals surface area (Å²) in [6.45, 7) is 2.01. The van der Waals surface area contributed by atoms with Gasteiger partial charge in [-0.1, -0.05) is 37.0 Å². The summed E-state index contributed by atoms with van der Waals surface area (Å²) in [5, 5.41) is 10.8. The van der Waals surface area contributed by atoms with Crippen molar-refractivity contribution in [1.29, 1.82) is 0 Å². The minimum Gasteiger partial charge on any atom is -0.421 e. The maximum absolute atomic E-state index is 14.7. The Balaban J connectivity index is 1.31. The highest BCUT2D eigenvalue weighted by atomic mass is 19.1. The molecule has 1 aliphatic carbocycles. The molecule has 6 nitrogen and oxygen atoms in total. The predicted molar refractivity (Wildman–Crippen MR) is 123 cm³/mol. The number of carbonyl (C=O) groups excluding carboxylic acids is 1. The number of aromatic nitrogens is 2. The van der Waals surface area contributed by atoms with Crippen LogP contribution in [0.5, 0.6) is 0 Å². The van der Waals surface area contributed by atoms with Crippen LogP contribution in [0.25, 0.3) is 11.5 Å². The number of nitrogens with zero attached hydrogens (tertiary/aromatic N) is 3. The number of halogens is 1. The normalized spacial score (nSPS) is 14.3. The number of aryl methyl sites for hydroxylation is 2. The van der Waals surface area contributed by atoms with Crippen molar-refractivity contribution in [3.8, 4) is 11.5 Å². The molecule has 3 aromatic rings. The second kappa shape index (κ2) is 9.94. The van der Waals surface area contributed by atoms with E-state index in [0.717, 1.165) is 24.0 Å².